The van der Waals surface area contributed by atoms with E-state index in [9.17, 15) is 9.59 Å². The summed E-state index contributed by atoms with van der Waals surface area (Å²) in [6, 6.07) is -0.210. The zero-order chi connectivity index (χ0) is 21.5. The van der Waals surface area contributed by atoms with Crippen LogP contribution in [0, 0.1) is 5.92 Å². The first-order chi connectivity index (χ1) is 14.0. The van der Waals surface area contributed by atoms with Gasteiger partial charge < -0.3 is 25.8 Å². The molecule has 3 atom stereocenters. The first-order valence-corrected chi connectivity index (χ1v) is 10.7. The summed E-state index contributed by atoms with van der Waals surface area (Å²) in [5, 5.41) is 18.7. The standard InChI is InChI=1S/C18H30N4O3S.CH2O2/c1-3-4-8-21-18(24)22-14-6-5-13(12-15(14)25-2)17(23)20-9-7-16-19-10-11-26-16;2-1-3/h10-11,13-15H,3-9,12H2,1-2H3,(H,20,23)(H2,21,22,24);1H,(H,2,3)/t13-,14-,15-;/m0./s1. The van der Waals surface area contributed by atoms with Gasteiger partial charge in [-0.15, -0.1) is 11.3 Å². The van der Waals surface area contributed by atoms with Crippen molar-refractivity contribution in [3.8, 4) is 0 Å². The van der Waals surface area contributed by atoms with Gasteiger partial charge in [0, 0.05) is 44.1 Å². The minimum Gasteiger partial charge on any atom is -0.483 e. The molecule has 1 aromatic rings. The number of hydrogen-bond acceptors (Lipinski definition) is 6. The van der Waals surface area contributed by atoms with E-state index in [4.69, 9.17) is 14.6 Å². The fraction of sp³-hybridized carbons (Fsp3) is 0.684. The minimum absolute atomic E-state index is 0.0546. The molecule has 0 aromatic carbocycles. The maximum atomic E-state index is 12.4. The zero-order valence-electron chi connectivity index (χ0n) is 17.1. The predicted molar refractivity (Wildman–Crippen MR) is 111 cm³/mol. The van der Waals surface area contributed by atoms with Gasteiger partial charge in [0.05, 0.1) is 17.2 Å². The highest BCUT2D eigenvalue weighted by atomic mass is 32.1. The Morgan fingerprint density at radius 1 is 1.34 bits per heavy atom. The van der Waals surface area contributed by atoms with Crippen LogP contribution < -0.4 is 16.0 Å². The molecule has 0 spiro atoms. The Morgan fingerprint density at radius 3 is 2.72 bits per heavy atom. The molecule has 0 saturated heterocycles. The Kier molecular flexibility index (Phi) is 12.6. The van der Waals surface area contributed by atoms with Crippen molar-refractivity contribution in [2.45, 2.75) is 57.6 Å². The maximum absolute atomic E-state index is 12.4. The van der Waals surface area contributed by atoms with E-state index >= 15 is 0 Å². The van der Waals surface area contributed by atoms with Crippen LogP contribution in [0.15, 0.2) is 11.6 Å². The number of carboxylic acid groups (broad SMARTS) is 1. The zero-order valence-corrected chi connectivity index (χ0v) is 17.9. The first kappa shape index (κ1) is 24.8. The lowest BCUT2D eigenvalue weighted by Crippen LogP contribution is -2.52. The monoisotopic (exact) mass is 428 g/mol. The molecule has 0 unspecified atom stereocenters. The summed E-state index contributed by atoms with van der Waals surface area (Å²) in [7, 11) is 1.64. The molecule has 2 rings (SSSR count). The number of nitrogens with one attached hydrogen (secondary N) is 3. The molecule has 3 amide bonds. The summed E-state index contributed by atoms with van der Waals surface area (Å²) in [4.78, 5) is 36.9. The molecule has 1 fully saturated rings. The summed E-state index contributed by atoms with van der Waals surface area (Å²) >= 11 is 1.60. The second-order valence-corrected chi connectivity index (χ2v) is 7.70. The number of carbonyl (C=O) groups excluding carboxylic acids is 2. The second-order valence-electron chi connectivity index (χ2n) is 6.72. The highest BCUT2D eigenvalue weighted by molar-refractivity contribution is 7.09. The van der Waals surface area contributed by atoms with Crippen LogP contribution in [0.25, 0.3) is 0 Å². The smallest absolute Gasteiger partial charge is 0.315 e. The van der Waals surface area contributed by atoms with Gasteiger partial charge in [-0.05, 0) is 25.7 Å². The second kappa shape index (κ2) is 14.7. The molecular formula is C19H32N4O5S. The number of rotatable bonds is 9. The molecule has 4 N–H and O–H groups in total. The molecule has 1 aliphatic carbocycles. The minimum atomic E-state index is -0.250. The van der Waals surface area contributed by atoms with Crippen molar-refractivity contribution in [1.29, 1.82) is 0 Å². The van der Waals surface area contributed by atoms with Crippen LogP contribution in [0.4, 0.5) is 4.79 Å². The molecule has 1 heterocycles. The third-order valence-corrected chi connectivity index (χ3v) is 5.56. The molecule has 10 heteroatoms. The topological polar surface area (TPSA) is 130 Å². The average Bonchev–Trinajstić information content (AvgIpc) is 3.22. The van der Waals surface area contributed by atoms with Gasteiger partial charge in [-0.25, -0.2) is 9.78 Å². The highest BCUT2D eigenvalue weighted by Crippen LogP contribution is 2.26. The number of urea groups is 1. The predicted octanol–water partition coefficient (Wildman–Crippen LogP) is 1.79. The number of hydrogen-bond donors (Lipinski definition) is 4. The quantitative estimate of drug-likeness (QED) is 0.350. The normalized spacial score (nSPS) is 20.7. The summed E-state index contributed by atoms with van der Waals surface area (Å²) in [6.45, 7) is 3.11. The molecule has 1 saturated carbocycles. The number of unbranched alkanes of at least 4 members (excludes halogenated alkanes) is 1. The lowest BCUT2D eigenvalue weighted by molar-refractivity contribution is -0.128. The van der Waals surface area contributed by atoms with Crippen molar-refractivity contribution < 1.29 is 24.2 Å². The van der Waals surface area contributed by atoms with Gasteiger partial charge in [0.1, 0.15) is 0 Å². The fourth-order valence-electron chi connectivity index (χ4n) is 3.20. The molecule has 0 aliphatic heterocycles. The van der Waals surface area contributed by atoms with Gasteiger partial charge in [-0.1, -0.05) is 13.3 Å². The Labute approximate surface area is 175 Å². The van der Waals surface area contributed by atoms with Gasteiger partial charge in [0.2, 0.25) is 5.91 Å². The van der Waals surface area contributed by atoms with E-state index in [2.05, 4.69) is 27.9 Å². The summed E-state index contributed by atoms with van der Waals surface area (Å²) in [5.74, 6) is -0.00750. The third kappa shape index (κ3) is 9.71. The van der Waals surface area contributed by atoms with E-state index < -0.39 is 0 Å². The van der Waals surface area contributed by atoms with Gasteiger partial charge >= 0.3 is 6.03 Å². The first-order valence-electron chi connectivity index (χ1n) is 9.86. The summed E-state index contributed by atoms with van der Waals surface area (Å²) in [5.41, 5.74) is 0. The lowest BCUT2D eigenvalue weighted by Gasteiger charge is -2.35. The van der Waals surface area contributed by atoms with Crippen molar-refractivity contribution in [2.24, 2.45) is 5.92 Å². The van der Waals surface area contributed by atoms with Gasteiger partial charge in [-0.3, -0.25) is 9.59 Å². The summed E-state index contributed by atoms with van der Waals surface area (Å²) in [6.07, 6.45) is 6.52. The third-order valence-electron chi connectivity index (χ3n) is 4.72. The van der Waals surface area contributed by atoms with E-state index in [0.29, 0.717) is 19.5 Å². The lowest BCUT2D eigenvalue weighted by atomic mass is 9.83. The van der Waals surface area contributed by atoms with Crippen LogP contribution in [-0.2, 0) is 20.7 Å². The molecule has 29 heavy (non-hydrogen) atoms. The van der Waals surface area contributed by atoms with Crippen LogP contribution in [0.2, 0.25) is 0 Å². The SMILES string of the molecule is CCCCNC(=O)N[C@H]1CC[C@H](C(=O)NCCc2nccs2)C[C@@H]1OC.O=CO. The van der Waals surface area contributed by atoms with Crippen LogP contribution in [-0.4, -0.2) is 60.8 Å². The molecule has 1 aliphatic rings. The highest BCUT2D eigenvalue weighted by Gasteiger charge is 2.34. The summed E-state index contributed by atoms with van der Waals surface area (Å²) < 4.78 is 5.54. The number of carbonyl (C=O) groups is 3. The van der Waals surface area contributed by atoms with E-state index in [1.165, 1.54) is 0 Å². The van der Waals surface area contributed by atoms with Crippen molar-refractivity contribution >= 4 is 29.7 Å². The van der Waals surface area contributed by atoms with Crippen LogP contribution in [0.1, 0.15) is 44.0 Å². The molecular weight excluding hydrogens is 396 g/mol. The number of ether oxygens (including phenoxy) is 1. The fourth-order valence-corrected chi connectivity index (χ4v) is 3.82. The van der Waals surface area contributed by atoms with Gasteiger partial charge in [0.25, 0.3) is 6.47 Å². The van der Waals surface area contributed by atoms with Crippen LogP contribution >= 0.6 is 11.3 Å². The molecule has 0 bridgehead atoms. The number of methoxy groups -OCH3 is 1. The van der Waals surface area contributed by atoms with Crippen molar-refractivity contribution in [3.05, 3.63) is 16.6 Å². The number of amides is 3. The Morgan fingerprint density at radius 2 is 2.10 bits per heavy atom. The molecule has 164 valence electrons. The maximum Gasteiger partial charge on any atom is 0.315 e. The Hall–Kier alpha value is -2.20. The number of thiazole rings is 1. The van der Waals surface area contributed by atoms with E-state index in [0.717, 1.165) is 37.1 Å². The Balaban J connectivity index is 0.00000132. The van der Waals surface area contributed by atoms with Gasteiger partial charge in [-0.2, -0.15) is 0 Å². The molecule has 0 radical (unpaired) electrons. The van der Waals surface area contributed by atoms with E-state index in [1.54, 1.807) is 24.6 Å². The molecule has 1 aromatic heterocycles. The van der Waals surface area contributed by atoms with Crippen molar-refractivity contribution in [3.63, 3.8) is 0 Å². The van der Waals surface area contributed by atoms with Crippen molar-refractivity contribution in [2.75, 3.05) is 20.2 Å². The number of aromatic nitrogens is 1. The van der Waals surface area contributed by atoms with E-state index in [1.807, 2.05) is 5.38 Å². The largest absolute Gasteiger partial charge is 0.483 e. The van der Waals surface area contributed by atoms with E-state index in [-0.39, 0.29) is 36.5 Å². The van der Waals surface area contributed by atoms with Crippen molar-refractivity contribution in [1.82, 2.24) is 20.9 Å². The average molecular weight is 429 g/mol. The number of nitrogens with zero attached hydrogens (tertiary/aromatic N) is 1. The van der Waals surface area contributed by atoms with Gasteiger partial charge in [0.15, 0.2) is 0 Å². The van der Waals surface area contributed by atoms with Crippen LogP contribution in [0.5, 0.6) is 0 Å². The Bertz CT molecular complexity index is 599. The molecule has 9 nitrogen and oxygen atoms in total. The van der Waals surface area contributed by atoms with Crippen LogP contribution in [0.3, 0.4) is 0 Å².